The van der Waals surface area contributed by atoms with Gasteiger partial charge in [0.25, 0.3) is 0 Å². The van der Waals surface area contributed by atoms with E-state index in [-0.39, 0.29) is 43.5 Å². The first-order valence-corrected chi connectivity index (χ1v) is 18.5. The number of nitrogens with zero attached hydrogens (tertiary/aromatic N) is 4. The van der Waals surface area contributed by atoms with Crippen molar-refractivity contribution in [1.29, 1.82) is 0 Å². The van der Waals surface area contributed by atoms with E-state index >= 15 is 0 Å². The summed E-state index contributed by atoms with van der Waals surface area (Å²) in [6.45, 7) is 10.3. The Morgan fingerprint density at radius 1 is 0.873 bits per heavy atom. The fourth-order valence-corrected chi connectivity index (χ4v) is 6.74. The molecule has 3 atom stereocenters. The van der Waals surface area contributed by atoms with Crippen LogP contribution in [0.5, 0.6) is 5.75 Å². The number of aromatic amines is 2. The molecule has 15 nitrogen and oxygen atoms in total. The second-order valence-corrected chi connectivity index (χ2v) is 13.8. The molecule has 55 heavy (non-hydrogen) atoms. The highest BCUT2D eigenvalue weighted by Crippen LogP contribution is 2.42. The van der Waals surface area contributed by atoms with Crippen molar-refractivity contribution in [2.75, 3.05) is 20.8 Å². The summed E-state index contributed by atoms with van der Waals surface area (Å²) in [4.78, 5) is 69.4. The van der Waals surface area contributed by atoms with Crippen LogP contribution in [0.25, 0.3) is 44.2 Å². The summed E-state index contributed by atoms with van der Waals surface area (Å²) >= 11 is 0. The van der Waals surface area contributed by atoms with Gasteiger partial charge < -0.3 is 44.6 Å². The maximum atomic E-state index is 13.4. The van der Waals surface area contributed by atoms with Crippen LogP contribution in [-0.4, -0.2) is 92.6 Å². The summed E-state index contributed by atoms with van der Waals surface area (Å²) in [5.41, 5.74) is 6.44. The summed E-state index contributed by atoms with van der Waals surface area (Å²) in [6.07, 6.45) is 1.91. The Labute approximate surface area is 319 Å². The summed E-state index contributed by atoms with van der Waals surface area (Å²) in [7, 11) is 2.52. The predicted molar refractivity (Wildman–Crippen MR) is 207 cm³/mol. The summed E-state index contributed by atoms with van der Waals surface area (Å²) in [6, 6.07) is 13.5. The highest BCUT2D eigenvalue weighted by Gasteiger charge is 2.28. The molecule has 4 N–H and O–H groups in total. The number of alkyl carbamates (subject to hydrolysis) is 2. The number of nitrogens with one attached hydrogen (secondary N) is 4. The average Bonchev–Trinajstić information content (AvgIpc) is 3.86. The first-order valence-electron chi connectivity index (χ1n) is 18.5. The van der Waals surface area contributed by atoms with Crippen LogP contribution in [0.2, 0.25) is 0 Å². The summed E-state index contributed by atoms with van der Waals surface area (Å²) in [5.74, 6) is 1.56. The van der Waals surface area contributed by atoms with Crippen LogP contribution in [0.15, 0.2) is 48.7 Å². The van der Waals surface area contributed by atoms with Crippen molar-refractivity contribution in [2.45, 2.75) is 85.3 Å². The third-order valence-corrected chi connectivity index (χ3v) is 10.3. The first-order chi connectivity index (χ1) is 26.4. The Kier molecular flexibility index (Phi) is 11.6. The Morgan fingerprint density at radius 3 is 2.33 bits per heavy atom. The van der Waals surface area contributed by atoms with Gasteiger partial charge in [-0.15, -0.1) is 0 Å². The fraction of sp³-hybridized carbons (Fsp3) is 0.400. The number of fused-ring (bicyclic) bond motifs is 6. The zero-order valence-electron chi connectivity index (χ0n) is 32.2. The Morgan fingerprint density at radius 2 is 1.60 bits per heavy atom. The van der Waals surface area contributed by atoms with Gasteiger partial charge >= 0.3 is 12.2 Å². The highest BCUT2D eigenvalue weighted by molar-refractivity contribution is 6.07. The lowest BCUT2D eigenvalue weighted by molar-refractivity contribution is -0.136. The summed E-state index contributed by atoms with van der Waals surface area (Å²) < 4.78 is 15.6. The van der Waals surface area contributed by atoms with E-state index in [0.29, 0.717) is 18.3 Å². The standard InChI is InChI=1S/C40H48N8O7/c1-8-22(3)47(36(49)18-42-39(51)53-6)19-34-41-17-32(45-34)26-10-12-28-27(14-26)21-55-33-16-29-25(15-30(28)33)11-13-31-37(29)46-35(44-31)20-48(23(4)9-2)38(50)24(5)43-40(52)54-7/h10-17,22-24H,8-9,18-21H2,1-7H3,(H,41,45)(H,42,51)(H,43,52)(H,44,46)/t22-,23-,24-/m0/s1. The summed E-state index contributed by atoms with van der Waals surface area (Å²) in [5, 5.41) is 6.96. The van der Waals surface area contributed by atoms with Crippen molar-refractivity contribution in [3.05, 3.63) is 65.9 Å². The molecule has 1 aliphatic heterocycles. The first kappa shape index (κ1) is 38.6. The number of amides is 4. The van der Waals surface area contributed by atoms with Gasteiger partial charge in [-0.25, -0.2) is 19.6 Å². The molecule has 290 valence electrons. The molecule has 0 saturated carbocycles. The molecule has 4 amide bonds. The highest BCUT2D eigenvalue weighted by atomic mass is 16.5. The maximum absolute atomic E-state index is 13.4. The van der Waals surface area contributed by atoms with Crippen molar-refractivity contribution in [3.63, 3.8) is 0 Å². The van der Waals surface area contributed by atoms with E-state index in [1.165, 1.54) is 14.2 Å². The van der Waals surface area contributed by atoms with Gasteiger partial charge in [-0.2, -0.15) is 0 Å². The molecule has 0 spiro atoms. The van der Waals surface area contributed by atoms with Crippen LogP contribution in [0, 0.1) is 0 Å². The van der Waals surface area contributed by atoms with Crippen molar-refractivity contribution in [2.24, 2.45) is 0 Å². The van der Waals surface area contributed by atoms with Crippen LogP contribution in [0.3, 0.4) is 0 Å². The molecule has 0 saturated heterocycles. The van der Waals surface area contributed by atoms with Crippen LogP contribution >= 0.6 is 0 Å². The molecule has 2 aromatic heterocycles. The number of methoxy groups -OCH3 is 2. The number of imidazole rings is 2. The molecule has 0 fully saturated rings. The second-order valence-electron chi connectivity index (χ2n) is 13.8. The van der Waals surface area contributed by atoms with E-state index in [0.717, 1.165) is 68.3 Å². The SMILES string of the molecule is CC[C@H](C)N(Cc1ncc(-c2ccc3c(c2)COc2cc4c(ccc5[nH]c(CN(C(=O)[C@H](C)NC(=O)OC)[C@@H](C)CC)nc54)cc2-3)[nH]1)C(=O)CNC(=O)OC. The van der Waals surface area contributed by atoms with Crippen molar-refractivity contribution >= 4 is 45.8 Å². The quantitative estimate of drug-likeness (QED) is 0.112. The van der Waals surface area contributed by atoms with E-state index < -0.39 is 18.2 Å². The third kappa shape index (κ3) is 8.20. The third-order valence-electron chi connectivity index (χ3n) is 10.3. The number of H-pyrrole nitrogens is 2. The lowest BCUT2D eigenvalue weighted by Gasteiger charge is -2.30. The second kappa shape index (κ2) is 16.5. The van der Waals surface area contributed by atoms with Crippen LogP contribution < -0.4 is 15.4 Å². The zero-order valence-corrected chi connectivity index (χ0v) is 32.2. The van der Waals surface area contributed by atoms with Gasteiger partial charge in [0.2, 0.25) is 11.8 Å². The van der Waals surface area contributed by atoms with E-state index in [1.54, 1.807) is 22.9 Å². The molecular formula is C40H48N8O7. The largest absolute Gasteiger partial charge is 0.488 e. The monoisotopic (exact) mass is 752 g/mol. The molecule has 5 aromatic rings. The molecule has 0 bridgehead atoms. The fourth-order valence-electron chi connectivity index (χ4n) is 6.74. The molecule has 3 heterocycles. The molecular weight excluding hydrogens is 704 g/mol. The molecule has 15 heteroatoms. The lowest BCUT2D eigenvalue weighted by atomic mass is 9.92. The normalized spacial score (nSPS) is 13.5. The zero-order chi connectivity index (χ0) is 39.4. The number of benzene rings is 3. The van der Waals surface area contributed by atoms with Gasteiger partial charge in [0.05, 0.1) is 50.2 Å². The number of carbonyl (C=O) groups is 4. The smallest absolute Gasteiger partial charge is 0.407 e. The molecule has 6 rings (SSSR count). The van der Waals surface area contributed by atoms with Crippen molar-refractivity contribution in [1.82, 2.24) is 40.4 Å². The van der Waals surface area contributed by atoms with Gasteiger partial charge in [0.1, 0.15) is 36.6 Å². The topological polar surface area (TPSA) is 184 Å². The van der Waals surface area contributed by atoms with Gasteiger partial charge in [-0.3, -0.25) is 9.59 Å². The van der Waals surface area contributed by atoms with Gasteiger partial charge in [-0.1, -0.05) is 32.0 Å². The minimum Gasteiger partial charge on any atom is -0.488 e. The van der Waals surface area contributed by atoms with Crippen molar-refractivity contribution < 1.29 is 33.4 Å². The molecule has 3 aromatic carbocycles. The van der Waals surface area contributed by atoms with E-state index in [1.807, 2.05) is 52.0 Å². The van der Waals surface area contributed by atoms with Crippen LogP contribution in [0.4, 0.5) is 9.59 Å². The van der Waals surface area contributed by atoms with E-state index in [2.05, 4.69) is 53.3 Å². The number of hydrogen-bond donors (Lipinski definition) is 4. The molecule has 1 aliphatic rings. The van der Waals surface area contributed by atoms with Gasteiger partial charge in [0.15, 0.2) is 0 Å². The maximum Gasteiger partial charge on any atom is 0.407 e. The van der Waals surface area contributed by atoms with Gasteiger partial charge in [0, 0.05) is 23.0 Å². The Balaban J connectivity index is 1.22. The molecule has 0 aliphatic carbocycles. The Hall–Kier alpha value is -6.12. The van der Waals surface area contributed by atoms with Crippen LogP contribution in [0.1, 0.15) is 64.7 Å². The number of ether oxygens (including phenoxy) is 3. The minimum absolute atomic E-state index is 0.0635. The predicted octanol–water partition coefficient (Wildman–Crippen LogP) is 6.02. The Bertz CT molecular complexity index is 2230. The number of rotatable bonds is 13. The van der Waals surface area contributed by atoms with Gasteiger partial charge in [-0.05, 0) is 80.0 Å². The molecule has 0 unspecified atom stereocenters. The van der Waals surface area contributed by atoms with E-state index in [4.69, 9.17) is 9.72 Å². The van der Waals surface area contributed by atoms with Crippen molar-refractivity contribution in [3.8, 4) is 28.1 Å². The van der Waals surface area contributed by atoms with E-state index in [9.17, 15) is 19.2 Å². The number of carbonyl (C=O) groups excluding carboxylic acids is 4. The number of hydrogen-bond acceptors (Lipinski definition) is 9. The number of aromatic nitrogens is 4. The van der Waals surface area contributed by atoms with Crippen LogP contribution in [-0.2, 0) is 38.8 Å². The lowest BCUT2D eigenvalue weighted by Crippen LogP contribution is -2.49. The average molecular weight is 753 g/mol. The minimum atomic E-state index is -0.766. The molecule has 0 radical (unpaired) electrons.